The number of primary amides is 1. The van der Waals surface area contributed by atoms with Crippen molar-refractivity contribution < 1.29 is 29.7 Å². The number of carbonyl (C=O) groups excluding carboxylic acids is 3. The molecule has 0 heterocycles. The molecule has 0 saturated heterocycles. The zero-order chi connectivity index (χ0) is 26.0. The maximum absolute atomic E-state index is 13.9. The van der Waals surface area contributed by atoms with Crippen LogP contribution in [-0.2, 0) is 16.0 Å². The number of phenolic OH excluding ortho intramolecular Hbond substituents is 1. The zero-order valence-corrected chi connectivity index (χ0v) is 20.5. The van der Waals surface area contributed by atoms with Gasteiger partial charge in [0.15, 0.2) is 11.6 Å². The number of fused-ring (bicyclic) bond motifs is 3. The molecule has 8 nitrogen and oxygen atoms in total. The van der Waals surface area contributed by atoms with Gasteiger partial charge in [-0.05, 0) is 54.0 Å². The maximum atomic E-state index is 13.9. The molecule has 0 spiro atoms. The molecule has 5 rings (SSSR count). The van der Waals surface area contributed by atoms with Crippen LogP contribution in [0.15, 0.2) is 53.0 Å². The van der Waals surface area contributed by atoms with E-state index < -0.39 is 46.6 Å². The number of aromatic hydroxyl groups is 1. The van der Waals surface area contributed by atoms with Crippen LogP contribution in [0.4, 0.5) is 5.69 Å². The topological polar surface area (TPSA) is 141 Å². The van der Waals surface area contributed by atoms with Gasteiger partial charge in [-0.3, -0.25) is 14.4 Å². The number of aliphatic hydroxyl groups is 2. The number of anilines is 1. The predicted molar refractivity (Wildman–Crippen MR) is 134 cm³/mol. The van der Waals surface area contributed by atoms with Crippen LogP contribution in [-0.4, -0.2) is 46.9 Å². The van der Waals surface area contributed by atoms with Gasteiger partial charge in [0.05, 0.1) is 11.5 Å². The van der Waals surface area contributed by atoms with E-state index in [1.54, 1.807) is 24.3 Å². The molecule has 36 heavy (non-hydrogen) atoms. The van der Waals surface area contributed by atoms with Gasteiger partial charge in [-0.1, -0.05) is 23.7 Å². The number of amides is 1. The highest BCUT2D eigenvalue weighted by Gasteiger charge is 2.50. The van der Waals surface area contributed by atoms with E-state index in [1.807, 2.05) is 25.1 Å². The highest BCUT2D eigenvalue weighted by Crippen LogP contribution is 2.52. The van der Waals surface area contributed by atoms with Crippen LogP contribution in [0, 0.1) is 17.8 Å². The molecular formula is C27H25ClN2O6. The first-order valence-electron chi connectivity index (χ1n) is 11.6. The van der Waals surface area contributed by atoms with Crippen LogP contribution in [0.3, 0.4) is 0 Å². The van der Waals surface area contributed by atoms with Crippen LogP contribution < -0.4 is 10.6 Å². The number of halogens is 1. The Hall–Kier alpha value is -3.78. The summed E-state index contributed by atoms with van der Waals surface area (Å²) in [6.45, 7) is 0. The molecule has 9 heteroatoms. The van der Waals surface area contributed by atoms with E-state index in [0.717, 1.165) is 5.69 Å². The van der Waals surface area contributed by atoms with Gasteiger partial charge in [-0.2, -0.15) is 0 Å². The van der Waals surface area contributed by atoms with Gasteiger partial charge in [-0.15, -0.1) is 0 Å². The van der Waals surface area contributed by atoms with E-state index >= 15 is 0 Å². The lowest BCUT2D eigenvalue weighted by molar-refractivity contribution is -0.126. The van der Waals surface area contributed by atoms with Crippen molar-refractivity contribution in [3.63, 3.8) is 0 Å². The van der Waals surface area contributed by atoms with Gasteiger partial charge in [0.25, 0.3) is 5.91 Å². The predicted octanol–water partition coefficient (Wildman–Crippen LogP) is 3.85. The second kappa shape index (κ2) is 8.41. The fourth-order valence-corrected chi connectivity index (χ4v) is 6.06. The van der Waals surface area contributed by atoms with Crippen molar-refractivity contribution in [2.24, 2.45) is 23.5 Å². The first kappa shape index (κ1) is 23.9. The van der Waals surface area contributed by atoms with E-state index in [9.17, 15) is 29.7 Å². The SMILES string of the molecule is CN(C)c1cc(-c2ccc(Cl)cc2)c(O)c2c1C[C@H]1C[C@H]3CC(O)=C(C(N)=O)C(=O)C3C(O)=C1C2=O. The Morgan fingerprint density at radius 3 is 2.36 bits per heavy atom. The van der Waals surface area contributed by atoms with Crippen LogP contribution in [0.1, 0.15) is 28.8 Å². The van der Waals surface area contributed by atoms with Crippen molar-refractivity contribution in [3.05, 3.63) is 69.1 Å². The molecule has 5 N–H and O–H groups in total. The van der Waals surface area contributed by atoms with Crippen LogP contribution in [0.2, 0.25) is 5.02 Å². The summed E-state index contributed by atoms with van der Waals surface area (Å²) in [5.74, 6) is -5.46. The van der Waals surface area contributed by atoms with Crippen molar-refractivity contribution in [1.82, 2.24) is 0 Å². The lowest BCUT2D eigenvalue weighted by Gasteiger charge is -2.41. The molecule has 1 unspecified atom stereocenters. The van der Waals surface area contributed by atoms with Crippen molar-refractivity contribution in [3.8, 4) is 16.9 Å². The molecule has 2 aromatic carbocycles. The number of phenols is 1. The fourth-order valence-electron chi connectivity index (χ4n) is 5.94. The van der Waals surface area contributed by atoms with Gasteiger partial charge < -0.3 is 26.0 Å². The van der Waals surface area contributed by atoms with E-state index in [2.05, 4.69) is 0 Å². The Balaban J connectivity index is 1.69. The van der Waals surface area contributed by atoms with Crippen LogP contribution >= 0.6 is 11.6 Å². The Morgan fingerprint density at radius 2 is 1.75 bits per heavy atom. The maximum Gasteiger partial charge on any atom is 0.255 e. The summed E-state index contributed by atoms with van der Waals surface area (Å²) < 4.78 is 0. The smallest absolute Gasteiger partial charge is 0.255 e. The molecule has 3 aliphatic carbocycles. The highest BCUT2D eigenvalue weighted by atomic mass is 35.5. The Bertz CT molecular complexity index is 1410. The largest absolute Gasteiger partial charge is 0.511 e. The number of rotatable bonds is 3. The second-order valence-electron chi connectivity index (χ2n) is 9.80. The molecule has 0 radical (unpaired) electrons. The number of benzene rings is 2. The number of allylic oxidation sites excluding steroid dienone is 3. The zero-order valence-electron chi connectivity index (χ0n) is 19.7. The molecule has 0 bridgehead atoms. The van der Waals surface area contributed by atoms with E-state index in [0.29, 0.717) is 34.6 Å². The summed E-state index contributed by atoms with van der Waals surface area (Å²) in [4.78, 5) is 40.6. The number of hydrogen-bond donors (Lipinski definition) is 4. The van der Waals surface area contributed by atoms with E-state index in [-0.39, 0.29) is 29.1 Å². The van der Waals surface area contributed by atoms with Gasteiger partial charge in [0.1, 0.15) is 22.8 Å². The molecule has 3 atom stereocenters. The standard InChI is InChI=1S/C27H25ClN2O6/c1-30(2)17-10-15(11-3-5-14(28)6-4-11)23(32)21-16(17)8-12-7-13-9-18(31)22(27(29)36)26(35)20(13)24(33)19(12)25(21)34/h3-6,10,12-13,20,31-33H,7-9H2,1-2H3,(H2,29,36)/t12-,13+,20?/m1/s1. The molecule has 0 aliphatic heterocycles. The molecule has 3 aliphatic rings. The number of aliphatic hydroxyl groups excluding tert-OH is 2. The third-order valence-electron chi connectivity index (χ3n) is 7.50. The first-order valence-corrected chi connectivity index (χ1v) is 11.9. The third-order valence-corrected chi connectivity index (χ3v) is 7.75. The van der Waals surface area contributed by atoms with Gasteiger partial charge in [0, 0.05) is 42.4 Å². The minimum atomic E-state index is -1.14. The number of hydrogen-bond acceptors (Lipinski definition) is 7. The number of nitrogens with zero attached hydrogens (tertiary/aromatic N) is 1. The summed E-state index contributed by atoms with van der Waals surface area (Å²) in [6.07, 6.45) is 0.710. The number of carbonyl (C=O) groups is 3. The Morgan fingerprint density at radius 1 is 1.08 bits per heavy atom. The molecular weight excluding hydrogens is 484 g/mol. The van der Waals surface area contributed by atoms with Gasteiger partial charge in [0.2, 0.25) is 0 Å². The third kappa shape index (κ3) is 3.47. The first-order chi connectivity index (χ1) is 17.0. The minimum absolute atomic E-state index is 0.00482. The monoisotopic (exact) mass is 508 g/mol. The summed E-state index contributed by atoms with van der Waals surface area (Å²) in [6, 6.07) is 8.68. The number of ketones is 2. The Kier molecular flexibility index (Phi) is 5.59. The minimum Gasteiger partial charge on any atom is -0.511 e. The van der Waals surface area contributed by atoms with Crippen LogP contribution in [0.25, 0.3) is 11.1 Å². The van der Waals surface area contributed by atoms with Crippen molar-refractivity contribution in [1.29, 1.82) is 0 Å². The number of Topliss-reactive ketones (excluding diaryl/α,β-unsaturated/α-hetero) is 2. The average molecular weight is 509 g/mol. The number of nitrogens with two attached hydrogens (primary N) is 1. The Labute approximate surface area is 212 Å². The molecule has 186 valence electrons. The summed E-state index contributed by atoms with van der Waals surface area (Å²) >= 11 is 6.02. The van der Waals surface area contributed by atoms with Crippen molar-refractivity contribution in [2.75, 3.05) is 19.0 Å². The summed E-state index contributed by atoms with van der Waals surface area (Å²) in [7, 11) is 3.69. The van der Waals surface area contributed by atoms with Crippen LogP contribution in [0.5, 0.6) is 5.75 Å². The highest BCUT2D eigenvalue weighted by molar-refractivity contribution is 6.30. The second-order valence-corrected chi connectivity index (χ2v) is 10.2. The van der Waals surface area contributed by atoms with E-state index in [4.69, 9.17) is 17.3 Å². The molecule has 0 aromatic heterocycles. The van der Waals surface area contributed by atoms with Crippen molar-refractivity contribution in [2.45, 2.75) is 19.3 Å². The summed E-state index contributed by atoms with van der Waals surface area (Å²) in [5.41, 5.74) is 7.41. The van der Waals surface area contributed by atoms with Gasteiger partial charge in [-0.25, -0.2) is 0 Å². The normalized spacial score (nSPS) is 23.2. The lowest BCUT2D eigenvalue weighted by atomic mass is 9.62. The summed E-state index contributed by atoms with van der Waals surface area (Å²) in [5, 5.41) is 33.3. The quantitative estimate of drug-likeness (QED) is 0.461. The van der Waals surface area contributed by atoms with Crippen molar-refractivity contribution >= 4 is 34.8 Å². The molecule has 0 saturated carbocycles. The average Bonchev–Trinajstić information content (AvgIpc) is 2.79. The lowest BCUT2D eigenvalue weighted by Crippen LogP contribution is -2.43. The fraction of sp³-hybridized carbons (Fsp3) is 0.296. The molecule has 0 fully saturated rings. The molecule has 2 aromatic rings. The van der Waals surface area contributed by atoms with E-state index in [1.165, 1.54) is 0 Å². The van der Waals surface area contributed by atoms with Gasteiger partial charge >= 0.3 is 0 Å². The molecule has 1 amide bonds.